The van der Waals surface area contributed by atoms with Crippen LogP contribution < -0.4 is 0 Å². The number of rotatable bonds is 1. The zero-order valence-electron chi connectivity index (χ0n) is 6.42. The average Bonchev–Trinajstić information content (AvgIpc) is 2.53. The van der Waals surface area contributed by atoms with E-state index in [-0.39, 0.29) is 0 Å². The third-order valence-electron chi connectivity index (χ3n) is 1.55. The third-order valence-corrected chi connectivity index (χ3v) is 2.09. The van der Waals surface area contributed by atoms with E-state index in [0.29, 0.717) is 11.3 Å². The van der Waals surface area contributed by atoms with Gasteiger partial charge >= 0.3 is 0 Å². The van der Waals surface area contributed by atoms with Crippen LogP contribution in [0.15, 0.2) is 23.6 Å². The van der Waals surface area contributed by atoms with Gasteiger partial charge in [-0.2, -0.15) is 0 Å². The van der Waals surface area contributed by atoms with Gasteiger partial charge in [0.15, 0.2) is 5.51 Å². The van der Waals surface area contributed by atoms with Crippen molar-refractivity contribution in [2.75, 3.05) is 0 Å². The van der Waals surface area contributed by atoms with Crippen LogP contribution in [0.3, 0.4) is 0 Å². The quantitative estimate of drug-likeness (QED) is 0.683. The first-order chi connectivity index (χ1) is 6.25. The maximum atomic E-state index is 12.7. The van der Waals surface area contributed by atoms with Crippen LogP contribution in [0, 0.1) is 17.1 Å². The van der Waals surface area contributed by atoms with Gasteiger partial charge in [0.1, 0.15) is 11.6 Å². The molecular formula is C9H4F2NS. The van der Waals surface area contributed by atoms with Crippen molar-refractivity contribution in [3.8, 4) is 11.3 Å². The molecular weight excluding hydrogens is 192 g/mol. The Labute approximate surface area is 77.7 Å². The fourth-order valence-corrected chi connectivity index (χ4v) is 1.52. The average molecular weight is 196 g/mol. The Morgan fingerprint density at radius 1 is 1.15 bits per heavy atom. The third kappa shape index (κ3) is 1.72. The number of hydrogen-bond acceptors (Lipinski definition) is 2. The summed E-state index contributed by atoms with van der Waals surface area (Å²) in [5.41, 5.74) is 3.60. The molecule has 1 aromatic carbocycles. The summed E-state index contributed by atoms with van der Waals surface area (Å²) in [5.74, 6) is -1.19. The lowest BCUT2D eigenvalue weighted by Crippen LogP contribution is -1.83. The zero-order valence-corrected chi connectivity index (χ0v) is 7.24. The SMILES string of the molecule is Fc1cc(F)cc(-c2cs[c]n2)c1. The Bertz CT molecular complexity index is 391. The molecule has 0 bridgehead atoms. The van der Waals surface area contributed by atoms with E-state index in [1.807, 2.05) is 0 Å². The number of hydrogen-bond donors (Lipinski definition) is 0. The summed E-state index contributed by atoms with van der Waals surface area (Å²) >= 11 is 1.27. The minimum atomic E-state index is -0.594. The van der Waals surface area contributed by atoms with Gasteiger partial charge in [0.05, 0.1) is 5.69 Å². The summed E-state index contributed by atoms with van der Waals surface area (Å²) in [5, 5.41) is 1.69. The molecule has 0 amide bonds. The first kappa shape index (κ1) is 8.31. The Kier molecular flexibility index (Phi) is 2.06. The lowest BCUT2D eigenvalue weighted by atomic mass is 10.2. The molecule has 0 saturated heterocycles. The second kappa shape index (κ2) is 3.22. The Balaban J connectivity index is 2.53. The van der Waals surface area contributed by atoms with Gasteiger partial charge in [-0.15, -0.1) is 11.3 Å². The fourth-order valence-electron chi connectivity index (χ4n) is 1.02. The molecule has 0 aliphatic carbocycles. The van der Waals surface area contributed by atoms with E-state index in [1.54, 1.807) is 5.38 Å². The molecule has 0 saturated carbocycles. The van der Waals surface area contributed by atoms with E-state index < -0.39 is 11.6 Å². The molecule has 4 heteroatoms. The van der Waals surface area contributed by atoms with Crippen molar-refractivity contribution in [3.05, 3.63) is 40.7 Å². The molecule has 0 spiro atoms. The molecule has 1 nitrogen and oxygen atoms in total. The van der Waals surface area contributed by atoms with E-state index >= 15 is 0 Å². The van der Waals surface area contributed by atoms with Gasteiger partial charge in [-0.1, -0.05) is 0 Å². The number of thiazole rings is 1. The van der Waals surface area contributed by atoms with E-state index in [4.69, 9.17) is 0 Å². The van der Waals surface area contributed by atoms with Crippen LogP contribution in [0.1, 0.15) is 0 Å². The largest absolute Gasteiger partial charge is 0.233 e. The topological polar surface area (TPSA) is 12.9 Å². The molecule has 1 heterocycles. The number of aromatic nitrogens is 1. The van der Waals surface area contributed by atoms with Crippen LogP contribution in [0.2, 0.25) is 0 Å². The predicted octanol–water partition coefficient (Wildman–Crippen LogP) is 2.89. The van der Waals surface area contributed by atoms with Gasteiger partial charge in [-0.3, -0.25) is 0 Å². The lowest BCUT2D eigenvalue weighted by Gasteiger charge is -1.96. The summed E-state index contributed by atoms with van der Waals surface area (Å²) in [6.45, 7) is 0. The summed E-state index contributed by atoms with van der Waals surface area (Å²) < 4.78 is 25.5. The normalized spacial score (nSPS) is 10.3. The predicted molar refractivity (Wildman–Crippen MR) is 46.3 cm³/mol. The molecule has 0 aliphatic rings. The van der Waals surface area contributed by atoms with Crippen molar-refractivity contribution in [3.63, 3.8) is 0 Å². The fraction of sp³-hybridized carbons (Fsp3) is 0. The first-order valence-corrected chi connectivity index (χ1v) is 4.42. The molecule has 0 fully saturated rings. The van der Waals surface area contributed by atoms with Gasteiger partial charge in [0.25, 0.3) is 0 Å². The monoisotopic (exact) mass is 196 g/mol. The molecule has 1 radical (unpaired) electrons. The summed E-state index contributed by atoms with van der Waals surface area (Å²) in [4.78, 5) is 3.83. The van der Waals surface area contributed by atoms with Crippen molar-refractivity contribution in [1.29, 1.82) is 0 Å². The van der Waals surface area contributed by atoms with Crippen LogP contribution in [-0.2, 0) is 0 Å². The highest BCUT2D eigenvalue weighted by atomic mass is 32.1. The molecule has 0 N–H and O–H groups in total. The van der Waals surface area contributed by atoms with Gasteiger partial charge in [0, 0.05) is 17.0 Å². The highest BCUT2D eigenvalue weighted by Crippen LogP contribution is 2.20. The van der Waals surface area contributed by atoms with Crippen LogP contribution in [0.5, 0.6) is 0 Å². The van der Waals surface area contributed by atoms with Gasteiger partial charge in [-0.25, -0.2) is 13.8 Å². The summed E-state index contributed by atoms with van der Waals surface area (Å²) in [6, 6.07) is 3.32. The lowest BCUT2D eigenvalue weighted by molar-refractivity contribution is 0.584. The maximum absolute atomic E-state index is 12.7. The van der Waals surface area contributed by atoms with E-state index in [0.717, 1.165) is 6.07 Å². The molecule has 0 atom stereocenters. The zero-order chi connectivity index (χ0) is 9.26. The van der Waals surface area contributed by atoms with Crippen LogP contribution in [-0.4, -0.2) is 4.98 Å². The Morgan fingerprint density at radius 2 is 1.85 bits per heavy atom. The Morgan fingerprint density at radius 3 is 2.38 bits per heavy atom. The molecule has 1 aromatic heterocycles. The molecule has 2 rings (SSSR count). The Hall–Kier alpha value is -1.29. The van der Waals surface area contributed by atoms with Crippen LogP contribution in [0.4, 0.5) is 8.78 Å². The van der Waals surface area contributed by atoms with Crippen molar-refractivity contribution < 1.29 is 8.78 Å². The highest BCUT2D eigenvalue weighted by Gasteiger charge is 2.04. The molecule has 0 unspecified atom stereocenters. The van der Waals surface area contributed by atoms with Gasteiger partial charge < -0.3 is 0 Å². The van der Waals surface area contributed by atoms with Crippen molar-refractivity contribution in [2.45, 2.75) is 0 Å². The van der Waals surface area contributed by atoms with Crippen LogP contribution in [0.25, 0.3) is 11.3 Å². The van der Waals surface area contributed by atoms with Gasteiger partial charge in [0.2, 0.25) is 0 Å². The summed E-state index contributed by atoms with van der Waals surface area (Å²) in [6.07, 6.45) is 0. The maximum Gasteiger partial charge on any atom is 0.152 e. The molecule has 2 aromatic rings. The molecule has 0 aliphatic heterocycles. The van der Waals surface area contributed by atoms with E-state index in [1.165, 1.54) is 23.5 Å². The van der Waals surface area contributed by atoms with E-state index in [2.05, 4.69) is 10.5 Å². The number of benzene rings is 1. The number of halogens is 2. The highest BCUT2D eigenvalue weighted by molar-refractivity contribution is 7.07. The van der Waals surface area contributed by atoms with Crippen molar-refractivity contribution >= 4 is 11.3 Å². The van der Waals surface area contributed by atoms with Crippen molar-refractivity contribution in [1.82, 2.24) is 4.98 Å². The minimum Gasteiger partial charge on any atom is -0.233 e. The van der Waals surface area contributed by atoms with E-state index in [9.17, 15) is 8.78 Å². The number of nitrogens with zero attached hydrogens (tertiary/aromatic N) is 1. The minimum absolute atomic E-state index is 0.440. The standard InChI is InChI=1S/C9H4F2NS/c10-7-1-6(2-8(11)3-7)9-4-13-5-12-9/h1-4H. The van der Waals surface area contributed by atoms with Crippen molar-refractivity contribution in [2.24, 2.45) is 0 Å². The van der Waals surface area contributed by atoms with Gasteiger partial charge in [-0.05, 0) is 12.1 Å². The second-order valence-corrected chi connectivity index (χ2v) is 3.14. The first-order valence-electron chi connectivity index (χ1n) is 3.54. The smallest absolute Gasteiger partial charge is 0.152 e. The second-order valence-electron chi connectivity index (χ2n) is 2.48. The summed E-state index contributed by atoms with van der Waals surface area (Å²) in [7, 11) is 0. The molecule has 65 valence electrons. The molecule has 13 heavy (non-hydrogen) atoms. The van der Waals surface area contributed by atoms with Crippen LogP contribution >= 0.6 is 11.3 Å².